The number of likely N-dealkylation sites (N-methyl/N-ethyl adjacent to an activating group) is 1. The van der Waals surface area contributed by atoms with E-state index in [0.717, 1.165) is 0 Å². The van der Waals surface area contributed by atoms with Gasteiger partial charge in [-0.2, -0.15) is 0 Å². The largest absolute Gasteiger partial charge is 0.294 e. The highest BCUT2D eigenvalue weighted by Crippen LogP contribution is 2.54. The molecule has 0 bridgehead atoms. The highest BCUT2D eigenvalue weighted by molar-refractivity contribution is 5.17. The monoisotopic (exact) mass is 310 g/mol. The van der Waals surface area contributed by atoms with Gasteiger partial charge in [0.1, 0.15) is 0 Å². The average Bonchev–Trinajstić information content (AvgIpc) is 2.33. The molecule has 1 saturated heterocycles. The summed E-state index contributed by atoms with van der Waals surface area (Å²) in [5.41, 5.74) is 0.491. The van der Waals surface area contributed by atoms with Crippen molar-refractivity contribution in [2.45, 2.75) is 112 Å². The SMILES string of the molecule is CC(C)C1N(C(C)C)C(C)(C)C(C)(C)C(C)(C)N(C)C1(C)C. The fourth-order valence-corrected chi connectivity index (χ4v) is 5.20. The standard InChI is InChI=1S/C20H42N2/c1-14(2)16-17(5,6)21(13)19(9,10)18(7,8)20(11,12)22(16)15(3)4/h14-16H,1-13H3. The highest BCUT2D eigenvalue weighted by Gasteiger charge is 2.61. The Morgan fingerprint density at radius 1 is 0.727 bits per heavy atom. The number of rotatable bonds is 2. The van der Waals surface area contributed by atoms with Crippen molar-refractivity contribution < 1.29 is 0 Å². The van der Waals surface area contributed by atoms with Crippen molar-refractivity contribution in [1.29, 1.82) is 0 Å². The highest BCUT2D eigenvalue weighted by atomic mass is 15.4. The van der Waals surface area contributed by atoms with Crippen LogP contribution in [0.3, 0.4) is 0 Å². The van der Waals surface area contributed by atoms with E-state index in [2.05, 4.69) is 99.9 Å². The van der Waals surface area contributed by atoms with Crippen molar-refractivity contribution in [2.75, 3.05) is 7.05 Å². The van der Waals surface area contributed by atoms with Gasteiger partial charge in [-0.25, -0.2) is 0 Å². The Morgan fingerprint density at radius 3 is 1.45 bits per heavy atom. The van der Waals surface area contributed by atoms with Crippen LogP contribution in [-0.2, 0) is 0 Å². The Bertz CT molecular complexity index is 402. The first-order chi connectivity index (χ1) is 9.54. The summed E-state index contributed by atoms with van der Waals surface area (Å²) in [6, 6.07) is 1.05. The maximum absolute atomic E-state index is 2.81. The Labute approximate surface area is 140 Å². The molecule has 1 aliphatic rings. The summed E-state index contributed by atoms with van der Waals surface area (Å²) in [5.74, 6) is 0.615. The van der Waals surface area contributed by atoms with Crippen LogP contribution in [0, 0.1) is 11.3 Å². The van der Waals surface area contributed by atoms with Gasteiger partial charge in [-0.05, 0) is 68.4 Å². The van der Waals surface area contributed by atoms with Gasteiger partial charge in [0.25, 0.3) is 0 Å². The molecule has 22 heavy (non-hydrogen) atoms. The lowest BCUT2D eigenvalue weighted by atomic mass is 9.61. The normalized spacial score (nSPS) is 31.5. The Balaban J connectivity index is 3.76. The molecule has 1 rings (SSSR count). The third kappa shape index (κ3) is 2.45. The smallest absolute Gasteiger partial charge is 0.0313 e. The third-order valence-corrected chi connectivity index (χ3v) is 7.62. The Kier molecular flexibility index (Phi) is 4.97. The van der Waals surface area contributed by atoms with Gasteiger partial charge in [-0.1, -0.05) is 27.7 Å². The molecule has 0 aromatic rings. The van der Waals surface area contributed by atoms with Crippen LogP contribution in [0.1, 0.15) is 83.1 Å². The average molecular weight is 311 g/mol. The summed E-state index contributed by atoms with van der Waals surface area (Å²) in [4.78, 5) is 5.46. The van der Waals surface area contributed by atoms with Gasteiger partial charge in [0.05, 0.1) is 0 Å². The molecular formula is C20H42N2. The number of nitrogens with zero attached hydrogens (tertiary/aromatic N) is 2. The van der Waals surface area contributed by atoms with Crippen molar-refractivity contribution in [2.24, 2.45) is 11.3 Å². The number of hydrogen-bond donors (Lipinski definition) is 0. The molecule has 0 amide bonds. The first-order valence-electron chi connectivity index (χ1n) is 9.07. The zero-order valence-electron chi connectivity index (χ0n) is 17.6. The van der Waals surface area contributed by atoms with E-state index < -0.39 is 0 Å². The van der Waals surface area contributed by atoms with E-state index in [1.54, 1.807) is 0 Å². The quantitative estimate of drug-likeness (QED) is 0.706. The van der Waals surface area contributed by atoms with Gasteiger partial charge in [-0.15, -0.1) is 0 Å². The fraction of sp³-hybridized carbons (Fsp3) is 1.00. The van der Waals surface area contributed by atoms with E-state index in [0.29, 0.717) is 18.0 Å². The molecule has 0 radical (unpaired) electrons. The molecule has 2 heteroatoms. The zero-order chi connectivity index (χ0) is 17.9. The first-order valence-corrected chi connectivity index (χ1v) is 9.07. The lowest BCUT2D eigenvalue weighted by Gasteiger charge is -2.57. The van der Waals surface area contributed by atoms with Gasteiger partial charge in [0, 0.05) is 34.1 Å². The van der Waals surface area contributed by atoms with E-state index in [4.69, 9.17) is 0 Å². The third-order valence-electron chi connectivity index (χ3n) is 7.62. The second-order valence-electron chi connectivity index (χ2n) is 10.1. The minimum absolute atomic E-state index is 0.108. The number of hydrogen-bond acceptors (Lipinski definition) is 2. The van der Waals surface area contributed by atoms with Crippen molar-refractivity contribution in [3.8, 4) is 0 Å². The summed E-state index contributed by atoms with van der Waals surface area (Å²) in [6.07, 6.45) is 0. The lowest BCUT2D eigenvalue weighted by Crippen LogP contribution is -2.65. The summed E-state index contributed by atoms with van der Waals surface area (Å²) in [5, 5.41) is 0. The molecule has 0 N–H and O–H groups in total. The fourth-order valence-electron chi connectivity index (χ4n) is 5.20. The molecule has 1 aliphatic heterocycles. The molecular weight excluding hydrogens is 268 g/mol. The van der Waals surface area contributed by atoms with Crippen LogP contribution in [0.2, 0.25) is 0 Å². The van der Waals surface area contributed by atoms with Crippen molar-refractivity contribution in [3.63, 3.8) is 0 Å². The maximum Gasteiger partial charge on any atom is 0.0313 e. The van der Waals surface area contributed by atoms with Crippen molar-refractivity contribution in [3.05, 3.63) is 0 Å². The second kappa shape index (κ2) is 5.48. The van der Waals surface area contributed by atoms with E-state index in [-0.39, 0.29) is 22.0 Å². The maximum atomic E-state index is 2.81. The summed E-state index contributed by atoms with van der Waals surface area (Å²) in [6.45, 7) is 29.1. The minimum Gasteiger partial charge on any atom is -0.294 e. The van der Waals surface area contributed by atoms with Crippen LogP contribution in [0.25, 0.3) is 0 Å². The predicted octanol–water partition coefficient (Wildman–Crippen LogP) is 5.03. The molecule has 0 aromatic carbocycles. The molecule has 1 unspecified atom stereocenters. The Morgan fingerprint density at radius 2 is 1.14 bits per heavy atom. The predicted molar refractivity (Wildman–Crippen MR) is 99.4 cm³/mol. The van der Waals surface area contributed by atoms with Crippen LogP contribution in [0.15, 0.2) is 0 Å². The Hall–Kier alpha value is -0.0800. The van der Waals surface area contributed by atoms with E-state index in [9.17, 15) is 0 Å². The topological polar surface area (TPSA) is 6.48 Å². The van der Waals surface area contributed by atoms with Gasteiger partial charge in [0.2, 0.25) is 0 Å². The molecule has 1 atom stereocenters. The van der Waals surface area contributed by atoms with Gasteiger partial charge in [0.15, 0.2) is 0 Å². The van der Waals surface area contributed by atoms with Gasteiger partial charge < -0.3 is 0 Å². The summed E-state index contributed by atoms with van der Waals surface area (Å²) >= 11 is 0. The van der Waals surface area contributed by atoms with Crippen LogP contribution in [0.5, 0.6) is 0 Å². The molecule has 0 spiro atoms. The van der Waals surface area contributed by atoms with Gasteiger partial charge >= 0.3 is 0 Å². The molecule has 1 fully saturated rings. The van der Waals surface area contributed by atoms with Gasteiger partial charge in [-0.3, -0.25) is 9.80 Å². The van der Waals surface area contributed by atoms with Crippen LogP contribution >= 0.6 is 0 Å². The van der Waals surface area contributed by atoms with Crippen molar-refractivity contribution >= 4 is 0 Å². The van der Waals surface area contributed by atoms with Crippen molar-refractivity contribution in [1.82, 2.24) is 9.80 Å². The lowest BCUT2D eigenvalue weighted by molar-refractivity contribution is -0.0707. The summed E-state index contributed by atoms with van der Waals surface area (Å²) < 4.78 is 0. The minimum atomic E-state index is 0.108. The molecule has 0 saturated carbocycles. The van der Waals surface area contributed by atoms with E-state index >= 15 is 0 Å². The van der Waals surface area contributed by atoms with Crippen LogP contribution in [-0.4, -0.2) is 45.5 Å². The van der Waals surface area contributed by atoms with Crippen LogP contribution < -0.4 is 0 Å². The second-order valence-corrected chi connectivity index (χ2v) is 10.1. The molecule has 2 nitrogen and oxygen atoms in total. The first kappa shape index (κ1) is 20.0. The molecule has 1 heterocycles. The molecule has 0 aliphatic carbocycles. The van der Waals surface area contributed by atoms with E-state index in [1.165, 1.54) is 0 Å². The summed E-state index contributed by atoms with van der Waals surface area (Å²) in [7, 11) is 2.33. The zero-order valence-corrected chi connectivity index (χ0v) is 17.6. The van der Waals surface area contributed by atoms with E-state index in [1.807, 2.05) is 0 Å². The van der Waals surface area contributed by atoms with Crippen LogP contribution in [0.4, 0.5) is 0 Å². The molecule has 132 valence electrons. The molecule has 0 aromatic heterocycles.